The Morgan fingerprint density at radius 1 is 1.21 bits per heavy atom. The molecular weight excluding hydrogens is 254 g/mol. The van der Waals surface area contributed by atoms with E-state index >= 15 is 0 Å². The van der Waals surface area contributed by atoms with Crippen LogP contribution >= 0.6 is 11.8 Å². The number of hydrogen-bond acceptors (Lipinski definition) is 3. The molecule has 1 aromatic carbocycles. The maximum atomic E-state index is 5.54. The van der Waals surface area contributed by atoms with Gasteiger partial charge in [0.05, 0.1) is 12.3 Å². The van der Waals surface area contributed by atoms with Gasteiger partial charge in [0, 0.05) is 10.6 Å². The Labute approximate surface area is 119 Å². The summed E-state index contributed by atoms with van der Waals surface area (Å²) in [5.41, 5.74) is 1.33. The maximum absolute atomic E-state index is 5.54. The summed E-state index contributed by atoms with van der Waals surface area (Å²) in [6, 6.07) is 12.8. The van der Waals surface area contributed by atoms with E-state index in [-0.39, 0.29) is 6.04 Å². The number of rotatable bonds is 7. The number of thioether (sulfide) groups is 1. The second-order valence-corrected chi connectivity index (χ2v) is 5.66. The maximum Gasteiger partial charge on any atom is 0.121 e. The topological polar surface area (TPSA) is 25.2 Å². The lowest BCUT2D eigenvalue weighted by molar-refractivity contribution is 0.435. The molecule has 3 heteroatoms. The molecule has 0 bridgehead atoms. The van der Waals surface area contributed by atoms with Crippen molar-refractivity contribution in [2.45, 2.75) is 31.2 Å². The van der Waals surface area contributed by atoms with Crippen molar-refractivity contribution in [3.05, 3.63) is 54.0 Å². The zero-order valence-electron chi connectivity index (χ0n) is 11.6. The van der Waals surface area contributed by atoms with Gasteiger partial charge in [-0.1, -0.05) is 25.1 Å². The van der Waals surface area contributed by atoms with Gasteiger partial charge < -0.3 is 9.73 Å². The minimum atomic E-state index is 0.277. The van der Waals surface area contributed by atoms with Crippen LogP contribution in [0.15, 0.2) is 52.0 Å². The van der Waals surface area contributed by atoms with Crippen LogP contribution in [-0.2, 0) is 0 Å². The van der Waals surface area contributed by atoms with Crippen LogP contribution in [0, 0.1) is 6.92 Å². The van der Waals surface area contributed by atoms with Gasteiger partial charge in [0.25, 0.3) is 0 Å². The summed E-state index contributed by atoms with van der Waals surface area (Å²) in [7, 11) is 0. The Hall–Kier alpha value is -1.19. The Morgan fingerprint density at radius 2 is 2.05 bits per heavy atom. The first-order chi connectivity index (χ1) is 9.31. The van der Waals surface area contributed by atoms with Crippen molar-refractivity contribution >= 4 is 11.8 Å². The lowest BCUT2D eigenvalue weighted by Crippen LogP contribution is -2.23. The molecule has 102 valence electrons. The third-order valence-corrected chi connectivity index (χ3v) is 4.30. The fourth-order valence-electron chi connectivity index (χ4n) is 1.94. The van der Waals surface area contributed by atoms with Gasteiger partial charge in [-0.05, 0) is 43.7 Å². The smallest absolute Gasteiger partial charge is 0.121 e. The van der Waals surface area contributed by atoms with Crippen molar-refractivity contribution in [1.29, 1.82) is 0 Å². The molecule has 1 aromatic heterocycles. The molecule has 1 N–H and O–H groups in total. The molecule has 19 heavy (non-hydrogen) atoms. The van der Waals surface area contributed by atoms with Crippen molar-refractivity contribution < 1.29 is 4.42 Å². The van der Waals surface area contributed by atoms with Gasteiger partial charge in [-0.25, -0.2) is 0 Å². The summed E-state index contributed by atoms with van der Waals surface area (Å²) in [5.74, 6) is 2.01. The molecule has 1 heterocycles. The molecule has 0 saturated heterocycles. The molecule has 0 amide bonds. The third kappa shape index (κ3) is 4.15. The van der Waals surface area contributed by atoms with E-state index in [0.29, 0.717) is 0 Å². The highest BCUT2D eigenvalue weighted by molar-refractivity contribution is 7.99. The molecule has 0 spiro atoms. The van der Waals surface area contributed by atoms with Crippen molar-refractivity contribution in [1.82, 2.24) is 5.32 Å². The first-order valence-electron chi connectivity index (χ1n) is 6.76. The SMILES string of the molecule is CCCNC(CSc1ccccc1C)c1ccco1. The molecule has 0 radical (unpaired) electrons. The van der Waals surface area contributed by atoms with E-state index in [9.17, 15) is 0 Å². The molecule has 0 fully saturated rings. The number of benzene rings is 1. The van der Waals surface area contributed by atoms with E-state index in [1.807, 2.05) is 23.9 Å². The highest BCUT2D eigenvalue weighted by Crippen LogP contribution is 2.27. The van der Waals surface area contributed by atoms with Crippen LogP contribution in [-0.4, -0.2) is 12.3 Å². The Morgan fingerprint density at radius 3 is 2.74 bits per heavy atom. The van der Waals surface area contributed by atoms with Gasteiger partial charge in [0.2, 0.25) is 0 Å². The summed E-state index contributed by atoms with van der Waals surface area (Å²) in [5, 5.41) is 3.55. The standard InChI is InChI=1S/C16H21NOS/c1-3-10-17-14(15-8-6-11-18-15)12-19-16-9-5-4-7-13(16)2/h4-9,11,14,17H,3,10,12H2,1-2H3. The average Bonchev–Trinajstić information content (AvgIpc) is 2.94. The van der Waals surface area contributed by atoms with Crippen LogP contribution in [0.2, 0.25) is 0 Å². The highest BCUT2D eigenvalue weighted by atomic mass is 32.2. The van der Waals surface area contributed by atoms with Gasteiger partial charge in [-0.15, -0.1) is 11.8 Å². The first-order valence-corrected chi connectivity index (χ1v) is 7.75. The Bertz CT molecular complexity index is 481. The zero-order valence-corrected chi connectivity index (χ0v) is 12.4. The highest BCUT2D eigenvalue weighted by Gasteiger charge is 2.14. The molecule has 0 aliphatic rings. The lowest BCUT2D eigenvalue weighted by atomic mass is 10.2. The normalized spacial score (nSPS) is 12.5. The summed E-state index contributed by atoms with van der Waals surface area (Å²) in [4.78, 5) is 1.34. The van der Waals surface area contributed by atoms with E-state index in [0.717, 1.165) is 24.5 Å². The van der Waals surface area contributed by atoms with Gasteiger partial charge in [-0.3, -0.25) is 0 Å². The minimum Gasteiger partial charge on any atom is -0.468 e. The molecule has 0 aliphatic heterocycles. The minimum absolute atomic E-state index is 0.277. The summed E-state index contributed by atoms with van der Waals surface area (Å²) in [6.07, 6.45) is 2.88. The summed E-state index contributed by atoms with van der Waals surface area (Å²) < 4.78 is 5.54. The average molecular weight is 275 g/mol. The van der Waals surface area contributed by atoms with Crippen molar-refractivity contribution in [3.8, 4) is 0 Å². The molecule has 2 rings (SSSR count). The second-order valence-electron chi connectivity index (χ2n) is 4.60. The van der Waals surface area contributed by atoms with E-state index in [2.05, 4.69) is 43.4 Å². The number of hydrogen-bond donors (Lipinski definition) is 1. The van der Waals surface area contributed by atoms with Gasteiger partial charge in [0.1, 0.15) is 5.76 Å². The first kappa shape index (κ1) is 14.2. The number of furan rings is 1. The predicted molar refractivity (Wildman–Crippen MR) is 81.6 cm³/mol. The molecule has 1 atom stereocenters. The fourth-order valence-corrected chi connectivity index (χ4v) is 3.04. The monoisotopic (exact) mass is 275 g/mol. The van der Waals surface area contributed by atoms with Crippen molar-refractivity contribution in [3.63, 3.8) is 0 Å². The van der Waals surface area contributed by atoms with Crippen LogP contribution in [0.4, 0.5) is 0 Å². The molecule has 2 nitrogen and oxygen atoms in total. The zero-order chi connectivity index (χ0) is 13.5. The molecular formula is C16H21NOS. The predicted octanol–water partition coefficient (Wildman–Crippen LogP) is 4.42. The molecule has 2 aromatic rings. The summed E-state index contributed by atoms with van der Waals surface area (Å²) in [6.45, 7) is 5.35. The van der Waals surface area contributed by atoms with E-state index < -0.39 is 0 Å². The van der Waals surface area contributed by atoms with Crippen LogP contribution in [0.25, 0.3) is 0 Å². The van der Waals surface area contributed by atoms with Crippen LogP contribution < -0.4 is 5.32 Å². The lowest BCUT2D eigenvalue weighted by Gasteiger charge is -2.16. The second kappa shape index (κ2) is 7.41. The summed E-state index contributed by atoms with van der Waals surface area (Å²) >= 11 is 1.88. The van der Waals surface area contributed by atoms with Gasteiger partial charge in [-0.2, -0.15) is 0 Å². The van der Waals surface area contributed by atoms with Gasteiger partial charge >= 0.3 is 0 Å². The molecule has 0 aliphatic carbocycles. The van der Waals surface area contributed by atoms with Crippen LogP contribution in [0.1, 0.15) is 30.7 Å². The van der Waals surface area contributed by atoms with Crippen molar-refractivity contribution in [2.24, 2.45) is 0 Å². The Kier molecular flexibility index (Phi) is 5.55. The largest absolute Gasteiger partial charge is 0.468 e. The third-order valence-electron chi connectivity index (χ3n) is 3.03. The van der Waals surface area contributed by atoms with E-state index in [4.69, 9.17) is 4.42 Å². The quantitative estimate of drug-likeness (QED) is 0.757. The van der Waals surface area contributed by atoms with E-state index in [1.54, 1.807) is 6.26 Å². The van der Waals surface area contributed by atoms with Gasteiger partial charge in [0.15, 0.2) is 0 Å². The van der Waals surface area contributed by atoms with Crippen LogP contribution in [0.5, 0.6) is 0 Å². The molecule has 1 unspecified atom stereocenters. The fraction of sp³-hybridized carbons (Fsp3) is 0.375. The number of aryl methyl sites for hydroxylation is 1. The number of nitrogens with one attached hydrogen (secondary N) is 1. The van der Waals surface area contributed by atoms with Crippen molar-refractivity contribution in [2.75, 3.05) is 12.3 Å². The van der Waals surface area contributed by atoms with E-state index in [1.165, 1.54) is 10.5 Å². The van der Waals surface area contributed by atoms with Crippen LogP contribution in [0.3, 0.4) is 0 Å². The molecule has 0 saturated carbocycles. The Balaban J connectivity index is 1.99.